The lowest BCUT2D eigenvalue weighted by Gasteiger charge is -2.28. The zero-order valence-electron chi connectivity index (χ0n) is 13.2. The normalized spacial score (nSPS) is 11.1. The SMILES string of the molecule is CCCc1cc(CNC)cc(N(CCC)C(C)C)n1. The quantitative estimate of drug-likeness (QED) is 0.779. The standard InChI is InChI=1S/C16H29N3/c1-6-8-15-10-14(12-17-5)11-16(18-15)19(9-7-2)13(3)4/h10-11,13,17H,6-9,12H2,1-5H3. The van der Waals surface area contributed by atoms with Gasteiger partial charge in [0.05, 0.1) is 0 Å². The molecule has 3 nitrogen and oxygen atoms in total. The molecule has 3 heteroatoms. The monoisotopic (exact) mass is 263 g/mol. The van der Waals surface area contributed by atoms with Crippen LogP contribution in [-0.2, 0) is 13.0 Å². The van der Waals surface area contributed by atoms with Crippen molar-refractivity contribution in [3.05, 3.63) is 23.4 Å². The van der Waals surface area contributed by atoms with E-state index in [0.717, 1.165) is 38.2 Å². The molecule has 19 heavy (non-hydrogen) atoms. The second-order valence-electron chi connectivity index (χ2n) is 5.39. The molecule has 1 heterocycles. The van der Waals surface area contributed by atoms with Crippen LogP contribution in [0, 0.1) is 0 Å². The largest absolute Gasteiger partial charge is 0.354 e. The molecule has 0 aliphatic carbocycles. The van der Waals surface area contributed by atoms with Crippen molar-refractivity contribution in [1.29, 1.82) is 0 Å². The molecule has 108 valence electrons. The third-order valence-electron chi connectivity index (χ3n) is 3.19. The lowest BCUT2D eigenvalue weighted by atomic mass is 10.1. The number of aromatic nitrogens is 1. The van der Waals surface area contributed by atoms with Crippen molar-refractivity contribution in [3.8, 4) is 0 Å². The second-order valence-corrected chi connectivity index (χ2v) is 5.39. The molecule has 0 spiro atoms. The maximum Gasteiger partial charge on any atom is 0.129 e. The Balaban J connectivity index is 3.08. The van der Waals surface area contributed by atoms with E-state index in [2.05, 4.69) is 50.0 Å². The molecular formula is C16H29N3. The molecule has 0 saturated heterocycles. The van der Waals surface area contributed by atoms with Crippen molar-refractivity contribution < 1.29 is 0 Å². The lowest BCUT2D eigenvalue weighted by molar-refractivity contribution is 0.658. The lowest BCUT2D eigenvalue weighted by Crippen LogP contribution is -2.32. The van der Waals surface area contributed by atoms with Crippen LogP contribution in [0.2, 0.25) is 0 Å². The highest BCUT2D eigenvalue weighted by Gasteiger charge is 2.12. The summed E-state index contributed by atoms with van der Waals surface area (Å²) in [6.07, 6.45) is 3.35. The number of anilines is 1. The Bertz CT molecular complexity index is 350. The van der Waals surface area contributed by atoms with Gasteiger partial charge in [-0.3, -0.25) is 0 Å². The van der Waals surface area contributed by atoms with E-state index >= 15 is 0 Å². The fourth-order valence-electron chi connectivity index (χ4n) is 2.35. The topological polar surface area (TPSA) is 28.2 Å². The molecule has 1 aromatic heterocycles. The number of pyridine rings is 1. The van der Waals surface area contributed by atoms with E-state index in [4.69, 9.17) is 4.98 Å². The van der Waals surface area contributed by atoms with Crippen LogP contribution < -0.4 is 10.2 Å². The number of nitrogens with one attached hydrogen (secondary N) is 1. The smallest absolute Gasteiger partial charge is 0.129 e. The van der Waals surface area contributed by atoms with E-state index in [0.29, 0.717) is 6.04 Å². The van der Waals surface area contributed by atoms with Crippen molar-refractivity contribution in [2.45, 2.75) is 59.5 Å². The first-order chi connectivity index (χ1) is 9.12. The Morgan fingerprint density at radius 1 is 1.21 bits per heavy atom. The number of aryl methyl sites for hydroxylation is 1. The fourth-order valence-corrected chi connectivity index (χ4v) is 2.35. The molecule has 1 rings (SSSR count). The minimum Gasteiger partial charge on any atom is -0.354 e. The van der Waals surface area contributed by atoms with Gasteiger partial charge < -0.3 is 10.2 Å². The third kappa shape index (κ3) is 4.83. The van der Waals surface area contributed by atoms with Gasteiger partial charge in [-0.05, 0) is 51.4 Å². The Morgan fingerprint density at radius 2 is 1.95 bits per heavy atom. The summed E-state index contributed by atoms with van der Waals surface area (Å²) in [7, 11) is 1.99. The molecule has 0 radical (unpaired) electrons. The van der Waals surface area contributed by atoms with Gasteiger partial charge >= 0.3 is 0 Å². The molecule has 1 aromatic rings. The number of rotatable bonds is 8. The highest BCUT2D eigenvalue weighted by Crippen LogP contribution is 2.19. The molecule has 0 bridgehead atoms. The van der Waals surface area contributed by atoms with Gasteiger partial charge in [-0.1, -0.05) is 20.3 Å². The van der Waals surface area contributed by atoms with Gasteiger partial charge in [0.2, 0.25) is 0 Å². The van der Waals surface area contributed by atoms with E-state index in [-0.39, 0.29) is 0 Å². The van der Waals surface area contributed by atoms with Gasteiger partial charge in [0.15, 0.2) is 0 Å². The van der Waals surface area contributed by atoms with E-state index < -0.39 is 0 Å². The van der Waals surface area contributed by atoms with Gasteiger partial charge in [0.25, 0.3) is 0 Å². The maximum atomic E-state index is 4.84. The molecular weight excluding hydrogens is 234 g/mol. The van der Waals surface area contributed by atoms with Gasteiger partial charge in [-0.15, -0.1) is 0 Å². The summed E-state index contributed by atoms with van der Waals surface area (Å²) in [6.45, 7) is 10.9. The van der Waals surface area contributed by atoms with Crippen LogP contribution in [-0.4, -0.2) is 24.6 Å². The molecule has 0 aliphatic rings. The second kappa shape index (κ2) is 8.16. The minimum atomic E-state index is 0.492. The minimum absolute atomic E-state index is 0.492. The van der Waals surface area contributed by atoms with E-state index in [9.17, 15) is 0 Å². The molecule has 0 unspecified atom stereocenters. The predicted molar refractivity (Wildman–Crippen MR) is 83.8 cm³/mol. The van der Waals surface area contributed by atoms with Crippen molar-refractivity contribution in [1.82, 2.24) is 10.3 Å². The highest BCUT2D eigenvalue weighted by molar-refractivity contribution is 5.43. The average Bonchev–Trinajstić information content (AvgIpc) is 2.36. The third-order valence-corrected chi connectivity index (χ3v) is 3.19. The molecule has 0 aliphatic heterocycles. The van der Waals surface area contributed by atoms with Crippen LogP contribution in [0.1, 0.15) is 51.8 Å². The summed E-state index contributed by atoms with van der Waals surface area (Å²) in [4.78, 5) is 7.24. The summed E-state index contributed by atoms with van der Waals surface area (Å²) < 4.78 is 0. The summed E-state index contributed by atoms with van der Waals surface area (Å²) in [6, 6.07) is 4.95. The number of nitrogens with zero attached hydrogens (tertiary/aromatic N) is 2. The Labute approximate surface area is 118 Å². The summed E-state index contributed by atoms with van der Waals surface area (Å²) in [5, 5.41) is 3.23. The van der Waals surface area contributed by atoms with Crippen molar-refractivity contribution in [3.63, 3.8) is 0 Å². The van der Waals surface area contributed by atoms with Gasteiger partial charge in [-0.25, -0.2) is 4.98 Å². The van der Waals surface area contributed by atoms with Crippen molar-refractivity contribution >= 4 is 5.82 Å². The molecule has 0 atom stereocenters. The van der Waals surface area contributed by atoms with Crippen LogP contribution in [0.15, 0.2) is 12.1 Å². The Morgan fingerprint density at radius 3 is 2.47 bits per heavy atom. The number of hydrogen-bond donors (Lipinski definition) is 1. The molecule has 1 N–H and O–H groups in total. The predicted octanol–water partition coefficient (Wildman–Crippen LogP) is 3.38. The van der Waals surface area contributed by atoms with Gasteiger partial charge in [0.1, 0.15) is 5.82 Å². The summed E-state index contributed by atoms with van der Waals surface area (Å²) in [5.74, 6) is 1.13. The molecule has 0 fully saturated rings. The fraction of sp³-hybridized carbons (Fsp3) is 0.688. The van der Waals surface area contributed by atoms with Gasteiger partial charge in [-0.2, -0.15) is 0 Å². The first-order valence-electron chi connectivity index (χ1n) is 7.53. The van der Waals surface area contributed by atoms with E-state index in [1.165, 1.54) is 11.3 Å². The zero-order valence-corrected chi connectivity index (χ0v) is 13.2. The molecule has 0 saturated carbocycles. The van der Waals surface area contributed by atoms with Crippen LogP contribution in [0.4, 0.5) is 5.82 Å². The Kier molecular flexibility index (Phi) is 6.85. The van der Waals surface area contributed by atoms with Crippen LogP contribution in [0.25, 0.3) is 0 Å². The van der Waals surface area contributed by atoms with Crippen LogP contribution >= 0.6 is 0 Å². The highest BCUT2D eigenvalue weighted by atomic mass is 15.2. The van der Waals surface area contributed by atoms with Crippen LogP contribution in [0.5, 0.6) is 0 Å². The van der Waals surface area contributed by atoms with E-state index in [1.807, 2.05) is 7.05 Å². The first kappa shape index (κ1) is 16.0. The average molecular weight is 263 g/mol. The molecule has 0 amide bonds. The number of hydrogen-bond acceptors (Lipinski definition) is 3. The van der Waals surface area contributed by atoms with Crippen molar-refractivity contribution in [2.75, 3.05) is 18.5 Å². The summed E-state index contributed by atoms with van der Waals surface area (Å²) >= 11 is 0. The maximum absolute atomic E-state index is 4.84. The van der Waals surface area contributed by atoms with Crippen molar-refractivity contribution in [2.24, 2.45) is 0 Å². The first-order valence-corrected chi connectivity index (χ1v) is 7.53. The van der Waals surface area contributed by atoms with Gasteiger partial charge in [0, 0.05) is 24.8 Å². The van der Waals surface area contributed by atoms with E-state index in [1.54, 1.807) is 0 Å². The zero-order chi connectivity index (χ0) is 14.3. The summed E-state index contributed by atoms with van der Waals surface area (Å²) in [5.41, 5.74) is 2.55. The molecule has 0 aromatic carbocycles. The Hall–Kier alpha value is -1.09. The van der Waals surface area contributed by atoms with Crippen LogP contribution in [0.3, 0.4) is 0 Å².